The number of rotatable bonds is 4. The van der Waals surface area contributed by atoms with E-state index in [0.717, 1.165) is 0 Å². The molecule has 0 spiro atoms. The summed E-state index contributed by atoms with van der Waals surface area (Å²) in [6.07, 6.45) is -4.14. The van der Waals surface area contributed by atoms with Crippen molar-refractivity contribution in [2.45, 2.75) is 6.18 Å². The minimum atomic E-state index is -4.63. The molecule has 12 heteroatoms. The van der Waals surface area contributed by atoms with Crippen molar-refractivity contribution in [1.29, 1.82) is 0 Å². The van der Waals surface area contributed by atoms with Crippen molar-refractivity contribution in [2.75, 3.05) is 11.9 Å². The normalized spacial score (nSPS) is 11.2. The van der Waals surface area contributed by atoms with Crippen LogP contribution in [0.25, 0.3) is 0 Å². The Morgan fingerprint density at radius 2 is 1.70 bits per heavy atom. The highest BCUT2D eigenvalue weighted by molar-refractivity contribution is 6.46. The van der Waals surface area contributed by atoms with Crippen LogP contribution < -0.4 is 5.32 Å². The number of amides is 1. The summed E-state index contributed by atoms with van der Waals surface area (Å²) in [4.78, 5) is 27.3. The summed E-state index contributed by atoms with van der Waals surface area (Å²) in [5.74, 6) is -2.24. The van der Waals surface area contributed by atoms with Crippen molar-refractivity contribution >= 4 is 64.1 Å². The van der Waals surface area contributed by atoms with Gasteiger partial charge in [0.2, 0.25) is 0 Å². The molecule has 0 saturated heterocycles. The Labute approximate surface area is 170 Å². The van der Waals surface area contributed by atoms with E-state index in [1.807, 2.05) is 0 Å². The Balaban J connectivity index is 2.03. The van der Waals surface area contributed by atoms with Gasteiger partial charge in [-0.3, -0.25) is 4.79 Å². The quantitative estimate of drug-likeness (QED) is 0.481. The van der Waals surface area contributed by atoms with Crippen LogP contribution in [0.4, 0.5) is 19.0 Å². The number of benzene rings is 1. The Kier molecular flexibility index (Phi) is 6.80. The molecule has 0 atom stereocenters. The highest BCUT2D eigenvalue weighted by Crippen LogP contribution is 2.33. The standard InChI is InChI=1S/C15H7Cl4F3N2O3/c16-7-1-2-8(17)12(19)11(7)14(26)27-5-10(25)24-13-9(18)3-6(4-23-13)15(20,21)22/h1-4H,5H2,(H,23,24,25). The van der Waals surface area contributed by atoms with Crippen LogP contribution in [0.5, 0.6) is 0 Å². The van der Waals surface area contributed by atoms with Crippen molar-refractivity contribution in [1.82, 2.24) is 4.98 Å². The van der Waals surface area contributed by atoms with Crippen LogP contribution in [0.1, 0.15) is 15.9 Å². The molecule has 0 aliphatic carbocycles. The van der Waals surface area contributed by atoms with Crippen molar-refractivity contribution in [2.24, 2.45) is 0 Å². The second kappa shape index (κ2) is 8.52. The first-order valence-electron chi connectivity index (χ1n) is 6.84. The zero-order valence-corrected chi connectivity index (χ0v) is 15.9. The Bertz CT molecular complexity index is 907. The third-order valence-electron chi connectivity index (χ3n) is 3.01. The molecule has 5 nitrogen and oxygen atoms in total. The molecule has 27 heavy (non-hydrogen) atoms. The van der Waals surface area contributed by atoms with Gasteiger partial charge in [0.25, 0.3) is 5.91 Å². The van der Waals surface area contributed by atoms with Gasteiger partial charge in [-0.15, -0.1) is 0 Å². The van der Waals surface area contributed by atoms with Gasteiger partial charge >= 0.3 is 12.1 Å². The molecule has 2 aromatic rings. The van der Waals surface area contributed by atoms with Crippen LogP contribution in [-0.4, -0.2) is 23.5 Å². The molecule has 1 N–H and O–H groups in total. The first-order chi connectivity index (χ1) is 12.5. The molecule has 0 saturated carbocycles. The average molecular weight is 462 g/mol. The van der Waals surface area contributed by atoms with E-state index < -0.39 is 35.2 Å². The summed E-state index contributed by atoms with van der Waals surface area (Å²) >= 11 is 23.2. The number of nitrogens with one attached hydrogen (secondary N) is 1. The predicted octanol–water partition coefficient (Wildman–Crippen LogP) is 5.51. The fraction of sp³-hybridized carbons (Fsp3) is 0.133. The Morgan fingerprint density at radius 3 is 2.30 bits per heavy atom. The molecule has 144 valence electrons. The molecule has 0 fully saturated rings. The highest BCUT2D eigenvalue weighted by Gasteiger charge is 2.31. The van der Waals surface area contributed by atoms with Gasteiger partial charge in [-0.1, -0.05) is 46.4 Å². The van der Waals surface area contributed by atoms with Crippen molar-refractivity contribution in [3.8, 4) is 0 Å². The smallest absolute Gasteiger partial charge is 0.417 e. The lowest BCUT2D eigenvalue weighted by Crippen LogP contribution is -2.22. The lowest BCUT2D eigenvalue weighted by atomic mass is 10.2. The molecule has 1 aromatic heterocycles. The molecule has 0 aliphatic rings. The number of carbonyl (C=O) groups is 2. The average Bonchev–Trinajstić information content (AvgIpc) is 2.57. The highest BCUT2D eigenvalue weighted by atomic mass is 35.5. The minimum absolute atomic E-state index is 0.0396. The van der Waals surface area contributed by atoms with Gasteiger partial charge in [-0.05, 0) is 18.2 Å². The molecular formula is C15H7Cl4F3N2O3. The second-order valence-electron chi connectivity index (χ2n) is 4.89. The summed E-state index contributed by atoms with van der Waals surface area (Å²) < 4.78 is 42.4. The van der Waals surface area contributed by atoms with E-state index in [1.165, 1.54) is 12.1 Å². The Hall–Kier alpha value is -1.74. The number of carbonyl (C=O) groups excluding carboxylic acids is 2. The fourth-order valence-corrected chi connectivity index (χ4v) is 2.67. The molecule has 2 rings (SSSR count). The zero-order valence-electron chi connectivity index (χ0n) is 12.8. The van der Waals surface area contributed by atoms with Gasteiger partial charge in [0.15, 0.2) is 12.4 Å². The summed E-state index contributed by atoms with van der Waals surface area (Å²) in [7, 11) is 0. The first kappa shape index (κ1) is 21.6. The predicted molar refractivity (Wildman–Crippen MR) is 94.6 cm³/mol. The molecule has 1 heterocycles. The molecule has 0 aliphatic heterocycles. The SMILES string of the molecule is O=C(COC(=O)c1c(Cl)ccc(Cl)c1Cl)Nc1ncc(C(F)(F)F)cc1Cl. The van der Waals surface area contributed by atoms with E-state index in [4.69, 9.17) is 51.1 Å². The maximum Gasteiger partial charge on any atom is 0.417 e. The molecule has 0 unspecified atom stereocenters. The van der Waals surface area contributed by atoms with E-state index in [2.05, 4.69) is 10.3 Å². The number of aromatic nitrogens is 1. The number of alkyl halides is 3. The maximum absolute atomic E-state index is 12.6. The first-order valence-corrected chi connectivity index (χ1v) is 8.35. The van der Waals surface area contributed by atoms with Gasteiger partial charge in [-0.25, -0.2) is 9.78 Å². The van der Waals surface area contributed by atoms with Gasteiger partial charge in [0.05, 0.1) is 31.2 Å². The molecular weight excluding hydrogens is 455 g/mol. The summed E-state index contributed by atoms with van der Waals surface area (Å²) in [6.45, 7) is -0.795. The summed E-state index contributed by atoms with van der Waals surface area (Å²) in [5.41, 5.74) is -1.31. The number of nitrogens with zero attached hydrogens (tertiary/aromatic N) is 1. The molecule has 1 aromatic carbocycles. The van der Waals surface area contributed by atoms with E-state index in [0.29, 0.717) is 12.3 Å². The molecule has 1 amide bonds. The van der Waals surface area contributed by atoms with Crippen LogP contribution in [0.3, 0.4) is 0 Å². The lowest BCUT2D eigenvalue weighted by Gasteiger charge is -2.11. The third kappa shape index (κ3) is 5.38. The van der Waals surface area contributed by atoms with Gasteiger partial charge in [-0.2, -0.15) is 13.2 Å². The number of esters is 1. The number of anilines is 1. The zero-order chi connectivity index (χ0) is 20.4. The van der Waals surface area contributed by atoms with Crippen molar-refractivity contribution in [3.63, 3.8) is 0 Å². The topological polar surface area (TPSA) is 68.3 Å². The number of hydrogen-bond donors (Lipinski definition) is 1. The fourth-order valence-electron chi connectivity index (χ4n) is 1.77. The Morgan fingerprint density at radius 1 is 1.07 bits per heavy atom. The van der Waals surface area contributed by atoms with Crippen LogP contribution in [0, 0.1) is 0 Å². The van der Waals surface area contributed by atoms with Crippen molar-refractivity contribution in [3.05, 3.63) is 55.6 Å². The lowest BCUT2D eigenvalue weighted by molar-refractivity contribution is -0.137. The van der Waals surface area contributed by atoms with Gasteiger partial charge < -0.3 is 10.1 Å². The molecule has 0 bridgehead atoms. The van der Waals surface area contributed by atoms with Gasteiger partial charge in [0, 0.05) is 6.20 Å². The van der Waals surface area contributed by atoms with Crippen LogP contribution in [0.15, 0.2) is 24.4 Å². The number of ether oxygens (including phenoxy) is 1. The maximum atomic E-state index is 12.6. The largest absolute Gasteiger partial charge is 0.452 e. The summed E-state index contributed by atoms with van der Waals surface area (Å²) in [5, 5.41) is 1.54. The third-order valence-corrected chi connectivity index (χ3v) is 4.42. The number of halogens is 7. The van der Waals surface area contributed by atoms with Gasteiger partial charge in [0.1, 0.15) is 0 Å². The number of hydrogen-bond acceptors (Lipinski definition) is 4. The second-order valence-corrected chi connectivity index (χ2v) is 6.49. The number of pyridine rings is 1. The monoisotopic (exact) mass is 460 g/mol. The van der Waals surface area contributed by atoms with Crippen LogP contribution in [0.2, 0.25) is 20.1 Å². The van der Waals surface area contributed by atoms with Crippen molar-refractivity contribution < 1.29 is 27.5 Å². The van der Waals surface area contributed by atoms with Crippen LogP contribution in [-0.2, 0) is 15.7 Å². The van der Waals surface area contributed by atoms with E-state index in [9.17, 15) is 22.8 Å². The van der Waals surface area contributed by atoms with E-state index in [1.54, 1.807) is 0 Å². The van der Waals surface area contributed by atoms with E-state index >= 15 is 0 Å². The molecule has 0 radical (unpaired) electrons. The summed E-state index contributed by atoms with van der Waals surface area (Å²) in [6, 6.07) is 3.29. The minimum Gasteiger partial charge on any atom is -0.452 e. The van der Waals surface area contributed by atoms with E-state index in [-0.39, 0.29) is 26.4 Å². The van der Waals surface area contributed by atoms with Crippen LogP contribution >= 0.6 is 46.4 Å².